The van der Waals surface area contributed by atoms with Gasteiger partial charge in [-0.3, -0.25) is 9.59 Å². The summed E-state index contributed by atoms with van der Waals surface area (Å²) < 4.78 is 47.3. The van der Waals surface area contributed by atoms with E-state index >= 15 is 0 Å². The van der Waals surface area contributed by atoms with Crippen LogP contribution in [0.1, 0.15) is 56.5 Å². The number of amides is 2. The van der Waals surface area contributed by atoms with Gasteiger partial charge in [0.1, 0.15) is 0 Å². The molecule has 1 saturated heterocycles. The predicted molar refractivity (Wildman–Crippen MR) is 171 cm³/mol. The fourth-order valence-corrected chi connectivity index (χ4v) is 5.60. The van der Waals surface area contributed by atoms with Crippen LogP contribution in [0.4, 0.5) is 30.6 Å². The van der Waals surface area contributed by atoms with Crippen LogP contribution >= 0.6 is 0 Å². The number of nitrogens with one attached hydrogen (secondary N) is 2. The molecule has 1 fully saturated rings. The lowest BCUT2D eigenvalue weighted by molar-refractivity contribution is -0.141. The van der Waals surface area contributed by atoms with Gasteiger partial charge in [-0.05, 0) is 78.3 Å². The minimum absolute atomic E-state index is 0.217. The zero-order valence-electron chi connectivity index (χ0n) is 25.0. The Balaban J connectivity index is 1.14. The molecule has 0 aliphatic carbocycles. The second kappa shape index (κ2) is 12.9. The van der Waals surface area contributed by atoms with Crippen LogP contribution in [0.2, 0.25) is 0 Å². The van der Waals surface area contributed by atoms with Gasteiger partial charge in [0.15, 0.2) is 5.69 Å². The normalized spacial score (nSPS) is 13.8. The highest BCUT2D eigenvalue weighted by Crippen LogP contribution is 2.36. The molecule has 10 heteroatoms. The molecule has 46 heavy (non-hydrogen) atoms. The summed E-state index contributed by atoms with van der Waals surface area (Å²) in [5, 5.41) is 5.42. The van der Waals surface area contributed by atoms with E-state index in [0.29, 0.717) is 24.6 Å². The summed E-state index contributed by atoms with van der Waals surface area (Å²) in [4.78, 5) is 31.3. The maximum atomic E-state index is 13.9. The number of halogens is 3. The number of piperidine rings is 1. The quantitative estimate of drug-likeness (QED) is 0.190. The number of hydrogen-bond donors (Lipinski definition) is 2. The first kappa shape index (κ1) is 30.6. The lowest BCUT2D eigenvalue weighted by Gasteiger charge is -2.31. The van der Waals surface area contributed by atoms with Gasteiger partial charge in [-0.2, -0.15) is 18.2 Å². The van der Waals surface area contributed by atoms with Gasteiger partial charge >= 0.3 is 6.18 Å². The third kappa shape index (κ3) is 6.81. The topological polar surface area (TPSA) is 87.5 Å². The molecule has 6 rings (SSSR count). The number of carbonyl (C=O) groups is 2. The number of aromatic nitrogens is 1. The number of nitrogens with zero attached hydrogens (tertiary/aromatic N) is 2. The molecule has 1 aromatic heterocycles. The zero-order chi connectivity index (χ0) is 32.3. The van der Waals surface area contributed by atoms with Gasteiger partial charge in [-0.1, -0.05) is 72.8 Å². The van der Waals surface area contributed by atoms with Gasteiger partial charge in [0, 0.05) is 30.0 Å². The van der Waals surface area contributed by atoms with E-state index in [9.17, 15) is 22.8 Å². The summed E-state index contributed by atoms with van der Waals surface area (Å²) in [6.45, 7) is 2.82. The Hall–Kier alpha value is -5.38. The fourth-order valence-electron chi connectivity index (χ4n) is 5.60. The number of carbonyl (C=O) groups excluding carboxylic acids is 2. The number of benzene rings is 4. The molecule has 2 heterocycles. The zero-order valence-corrected chi connectivity index (χ0v) is 25.0. The average molecular weight is 625 g/mol. The Morgan fingerprint density at radius 3 is 2.20 bits per heavy atom. The second-order valence-electron chi connectivity index (χ2n) is 11.2. The molecule has 1 aliphatic heterocycles. The van der Waals surface area contributed by atoms with E-state index in [1.54, 1.807) is 47.4 Å². The van der Waals surface area contributed by atoms with Crippen molar-refractivity contribution in [2.24, 2.45) is 0 Å². The highest BCUT2D eigenvalue weighted by Gasteiger charge is 2.42. The maximum absolute atomic E-state index is 13.9. The van der Waals surface area contributed by atoms with Gasteiger partial charge in [0.05, 0.1) is 0 Å². The van der Waals surface area contributed by atoms with Crippen LogP contribution in [-0.2, 0) is 6.18 Å². The Morgan fingerprint density at radius 2 is 1.50 bits per heavy atom. The Bertz CT molecular complexity index is 1840. The Labute approximate surface area is 264 Å². The molecule has 0 bridgehead atoms. The number of aryl methyl sites for hydroxylation is 1. The predicted octanol–water partition coefficient (Wildman–Crippen LogP) is 8.56. The summed E-state index contributed by atoms with van der Waals surface area (Å²) >= 11 is 0. The van der Waals surface area contributed by atoms with Gasteiger partial charge < -0.3 is 20.0 Å². The molecule has 1 aliphatic rings. The van der Waals surface area contributed by atoms with E-state index in [1.807, 2.05) is 67.6 Å². The summed E-state index contributed by atoms with van der Waals surface area (Å²) in [7, 11) is 0. The smallest absolute Gasteiger partial charge is 0.417 e. The number of alkyl halides is 3. The van der Waals surface area contributed by atoms with Crippen molar-refractivity contribution in [1.82, 2.24) is 4.98 Å². The monoisotopic (exact) mass is 624 g/mol. The van der Waals surface area contributed by atoms with Gasteiger partial charge in [-0.15, -0.1) is 0 Å². The molecule has 2 N–H and O–H groups in total. The summed E-state index contributed by atoms with van der Waals surface area (Å²) in [6, 6.07) is 30.9. The van der Waals surface area contributed by atoms with Crippen molar-refractivity contribution in [1.29, 1.82) is 0 Å². The van der Waals surface area contributed by atoms with Gasteiger partial charge in [0.25, 0.3) is 17.8 Å². The molecule has 5 aromatic rings. The molecule has 7 nitrogen and oxygen atoms in total. The van der Waals surface area contributed by atoms with Crippen LogP contribution in [-0.4, -0.2) is 29.9 Å². The molecule has 0 atom stereocenters. The largest absolute Gasteiger partial charge is 0.437 e. The number of para-hydroxylation sites is 1. The van der Waals surface area contributed by atoms with Crippen LogP contribution in [0.3, 0.4) is 0 Å². The van der Waals surface area contributed by atoms with Gasteiger partial charge in [-0.25, -0.2) is 0 Å². The van der Waals surface area contributed by atoms with E-state index < -0.39 is 23.5 Å². The Kier molecular flexibility index (Phi) is 8.61. The van der Waals surface area contributed by atoms with Crippen LogP contribution in [0.25, 0.3) is 11.1 Å². The van der Waals surface area contributed by atoms with Crippen LogP contribution in [0.15, 0.2) is 108 Å². The number of oxazole rings is 1. The van der Waals surface area contributed by atoms with E-state index in [0.717, 1.165) is 35.2 Å². The second-order valence-corrected chi connectivity index (χ2v) is 11.2. The molecule has 234 valence electrons. The van der Waals surface area contributed by atoms with Crippen molar-refractivity contribution < 1.29 is 27.2 Å². The average Bonchev–Trinajstić information content (AvgIpc) is 3.54. The molecular weight excluding hydrogens is 593 g/mol. The SMILES string of the molecule is Cc1ccccc1NC(=O)c1cccc(-c2ccc(NC(=O)c3oc(N4CCC(c5ccccc5)CC4)nc3C(F)(F)F)cc2)c1. The van der Waals surface area contributed by atoms with E-state index in [4.69, 9.17) is 4.42 Å². The van der Waals surface area contributed by atoms with E-state index in [-0.39, 0.29) is 17.6 Å². The summed E-state index contributed by atoms with van der Waals surface area (Å²) in [5.41, 5.74) is 3.73. The first-order valence-corrected chi connectivity index (χ1v) is 14.9. The number of rotatable bonds is 7. The van der Waals surface area contributed by atoms with Crippen LogP contribution in [0, 0.1) is 6.92 Å². The minimum Gasteiger partial charge on any atom is -0.417 e. The number of anilines is 3. The van der Waals surface area contributed by atoms with Crippen LogP contribution < -0.4 is 15.5 Å². The minimum atomic E-state index is -4.88. The highest BCUT2D eigenvalue weighted by molar-refractivity contribution is 6.05. The molecule has 0 saturated carbocycles. The summed E-state index contributed by atoms with van der Waals surface area (Å²) in [6.07, 6.45) is -3.43. The van der Waals surface area contributed by atoms with E-state index in [1.165, 1.54) is 5.56 Å². The standard InChI is InChI=1S/C36H31F3N4O3/c1-23-8-5-6-13-30(23)41-33(44)28-12-7-11-27(22-28)25-14-16-29(17-15-25)40-34(45)31-32(36(37,38)39)42-35(46-31)43-20-18-26(19-21-43)24-9-3-2-4-10-24/h2-17,22,26H,18-21H2,1H3,(H,40,45)(H,41,44). The molecule has 4 aromatic carbocycles. The lowest BCUT2D eigenvalue weighted by Crippen LogP contribution is -2.33. The number of hydrogen-bond acceptors (Lipinski definition) is 5. The van der Waals surface area contributed by atoms with Crippen molar-refractivity contribution >= 4 is 29.2 Å². The van der Waals surface area contributed by atoms with Crippen molar-refractivity contribution in [3.63, 3.8) is 0 Å². The van der Waals surface area contributed by atoms with E-state index in [2.05, 4.69) is 15.6 Å². The van der Waals surface area contributed by atoms with Crippen molar-refractivity contribution in [3.8, 4) is 11.1 Å². The molecule has 0 unspecified atom stereocenters. The fraction of sp³-hybridized carbons (Fsp3) is 0.194. The van der Waals surface area contributed by atoms with Crippen molar-refractivity contribution in [2.45, 2.75) is 31.9 Å². The third-order valence-electron chi connectivity index (χ3n) is 8.12. The molecular formula is C36H31F3N4O3. The summed E-state index contributed by atoms with van der Waals surface area (Å²) in [5.74, 6) is -1.90. The van der Waals surface area contributed by atoms with Crippen molar-refractivity contribution in [3.05, 3.63) is 131 Å². The first-order chi connectivity index (χ1) is 22.2. The highest BCUT2D eigenvalue weighted by atomic mass is 19.4. The van der Waals surface area contributed by atoms with Crippen molar-refractivity contribution in [2.75, 3.05) is 28.6 Å². The first-order valence-electron chi connectivity index (χ1n) is 14.9. The maximum Gasteiger partial charge on any atom is 0.437 e. The molecule has 0 radical (unpaired) electrons. The third-order valence-corrected chi connectivity index (χ3v) is 8.12. The Morgan fingerprint density at radius 1 is 0.804 bits per heavy atom. The van der Waals surface area contributed by atoms with Crippen LogP contribution in [0.5, 0.6) is 0 Å². The van der Waals surface area contributed by atoms with Gasteiger partial charge in [0.2, 0.25) is 5.76 Å². The molecule has 0 spiro atoms. The lowest BCUT2D eigenvalue weighted by atomic mass is 9.90. The molecule has 2 amide bonds.